The molecule has 1 atom stereocenters. The number of hydrogen-bond donors (Lipinski definition) is 1. The van der Waals surface area contributed by atoms with Crippen molar-refractivity contribution in [2.24, 2.45) is 0 Å². The first kappa shape index (κ1) is 15.4. The third-order valence-electron chi connectivity index (χ3n) is 3.94. The molecule has 0 aliphatic carbocycles. The van der Waals surface area contributed by atoms with E-state index in [0.717, 1.165) is 25.1 Å². The van der Waals surface area contributed by atoms with Crippen molar-refractivity contribution in [3.05, 3.63) is 36.4 Å². The summed E-state index contributed by atoms with van der Waals surface area (Å²) in [6.45, 7) is 1.92. The Morgan fingerprint density at radius 2 is 2.17 bits per heavy atom. The number of anilines is 1. The molecule has 0 spiro atoms. The van der Waals surface area contributed by atoms with Crippen molar-refractivity contribution in [1.82, 2.24) is 25.1 Å². The highest BCUT2D eigenvalue weighted by molar-refractivity contribution is 5.76. The predicted octanol–water partition coefficient (Wildman–Crippen LogP) is 1.31. The van der Waals surface area contributed by atoms with Crippen molar-refractivity contribution in [2.75, 3.05) is 18.4 Å². The molecule has 3 rings (SSSR count). The van der Waals surface area contributed by atoms with Crippen LogP contribution in [0.15, 0.2) is 30.6 Å². The molecule has 0 bridgehead atoms. The molecule has 8 heteroatoms. The average molecular weight is 318 g/mol. The van der Waals surface area contributed by atoms with Crippen LogP contribution in [0.5, 0.6) is 0 Å². The van der Waals surface area contributed by atoms with Gasteiger partial charge in [0.1, 0.15) is 12.1 Å². The number of tetrazole rings is 1. The van der Waals surface area contributed by atoms with Gasteiger partial charge in [-0.1, -0.05) is 0 Å². The molecule has 1 saturated heterocycles. The van der Waals surface area contributed by atoms with Gasteiger partial charge in [-0.25, -0.2) is 9.07 Å². The maximum atomic E-state index is 12.9. The second kappa shape index (κ2) is 7.17. The van der Waals surface area contributed by atoms with Crippen LogP contribution in [-0.4, -0.2) is 50.1 Å². The van der Waals surface area contributed by atoms with Crippen molar-refractivity contribution in [1.29, 1.82) is 0 Å². The Morgan fingerprint density at radius 1 is 1.35 bits per heavy atom. The van der Waals surface area contributed by atoms with E-state index in [0.29, 0.717) is 19.5 Å². The molecular weight excluding hydrogens is 299 g/mol. The van der Waals surface area contributed by atoms with E-state index in [4.69, 9.17) is 0 Å². The second-order valence-corrected chi connectivity index (χ2v) is 5.65. The lowest BCUT2D eigenvalue weighted by Gasteiger charge is -2.33. The Morgan fingerprint density at radius 3 is 2.91 bits per heavy atom. The zero-order valence-corrected chi connectivity index (χ0v) is 12.7. The van der Waals surface area contributed by atoms with E-state index in [1.807, 2.05) is 4.90 Å². The first-order valence-corrected chi connectivity index (χ1v) is 7.71. The van der Waals surface area contributed by atoms with Crippen molar-refractivity contribution < 1.29 is 9.18 Å². The van der Waals surface area contributed by atoms with Crippen molar-refractivity contribution >= 4 is 11.6 Å². The van der Waals surface area contributed by atoms with E-state index in [1.165, 1.54) is 18.5 Å². The topological polar surface area (TPSA) is 75.9 Å². The molecule has 1 N–H and O–H groups in total. The maximum Gasteiger partial charge on any atom is 0.224 e. The number of hydrogen-bond acceptors (Lipinski definition) is 5. The van der Waals surface area contributed by atoms with Crippen LogP contribution >= 0.6 is 0 Å². The van der Waals surface area contributed by atoms with Crippen LogP contribution in [0.1, 0.15) is 19.3 Å². The van der Waals surface area contributed by atoms with Gasteiger partial charge < -0.3 is 10.2 Å². The van der Waals surface area contributed by atoms with Gasteiger partial charge in [-0.2, -0.15) is 0 Å². The van der Waals surface area contributed by atoms with Crippen LogP contribution in [0.3, 0.4) is 0 Å². The fraction of sp³-hybridized carbons (Fsp3) is 0.467. The molecule has 0 saturated carbocycles. The van der Waals surface area contributed by atoms with E-state index in [9.17, 15) is 9.18 Å². The number of carbonyl (C=O) groups excluding carboxylic acids is 1. The van der Waals surface area contributed by atoms with E-state index >= 15 is 0 Å². The van der Waals surface area contributed by atoms with Gasteiger partial charge in [0, 0.05) is 31.2 Å². The summed E-state index contributed by atoms with van der Waals surface area (Å²) in [5.41, 5.74) is 0.874. The lowest BCUT2D eigenvalue weighted by Crippen LogP contribution is -2.45. The Hall–Kier alpha value is -2.51. The summed E-state index contributed by atoms with van der Waals surface area (Å²) < 4.78 is 14.5. The lowest BCUT2D eigenvalue weighted by atomic mass is 10.0. The van der Waals surface area contributed by atoms with Crippen LogP contribution in [0.25, 0.3) is 0 Å². The molecule has 1 aliphatic heterocycles. The standard InChI is InChI=1S/C15H19FN6O/c16-12-3-5-13(6-4-12)18-14-2-1-8-21(10-14)15(23)7-9-22-11-17-19-20-22/h3-6,11,14,18H,1-2,7-10H2/t14-/m0/s1. The van der Waals surface area contributed by atoms with Crippen LogP contribution < -0.4 is 5.32 Å². The molecule has 0 unspecified atom stereocenters. The summed E-state index contributed by atoms with van der Waals surface area (Å²) in [7, 11) is 0. The van der Waals surface area contributed by atoms with Gasteiger partial charge >= 0.3 is 0 Å². The molecule has 1 aliphatic rings. The molecular formula is C15H19FN6O. The molecule has 23 heavy (non-hydrogen) atoms. The Labute approximate surface area is 133 Å². The number of halogens is 1. The summed E-state index contributed by atoms with van der Waals surface area (Å²) in [4.78, 5) is 14.2. The number of amides is 1. The van der Waals surface area contributed by atoms with Crippen LogP contribution in [0, 0.1) is 5.82 Å². The minimum Gasteiger partial charge on any atom is -0.381 e. The Balaban J connectivity index is 1.51. The van der Waals surface area contributed by atoms with E-state index in [-0.39, 0.29) is 17.8 Å². The van der Waals surface area contributed by atoms with Gasteiger partial charge in [0.15, 0.2) is 0 Å². The average Bonchev–Trinajstić information content (AvgIpc) is 3.08. The van der Waals surface area contributed by atoms with E-state index in [1.54, 1.807) is 16.8 Å². The highest BCUT2D eigenvalue weighted by Gasteiger charge is 2.23. The first-order chi connectivity index (χ1) is 11.2. The van der Waals surface area contributed by atoms with Gasteiger partial charge in [0.25, 0.3) is 0 Å². The van der Waals surface area contributed by atoms with Crippen LogP contribution in [0.4, 0.5) is 10.1 Å². The van der Waals surface area contributed by atoms with Gasteiger partial charge in [-0.05, 0) is 47.5 Å². The quantitative estimate of drug-likeness (QED) is 0.899. The van der Waals surface area contributed by atoms with E-state index in [2.05, 4.69) is 20.8 Å². The summed E-state index contributed by atoms with van der Waals surface area (Å²) in [6, 6.07) is 6.48. The largest absolute Gasteiger partial charge is 0.381 e. The molecule has 7 nitrogen and oxygen atoms in total. The smallest absolute Gasteiger partial charge is 0.224 e. The Kier molecular flexibility index (Phi) is 4.80. The number of benzene rings is 1. The number of piperidine rings is 1. The number of aryl methyl sites for hydroxylation is 1. The van der Waals surface area contributed by atoms with Crippen molar-refractivity contribution in [2.45, 2.75) is 31.8 Å². The minimum atomic E-state index is -0.251. The number of nitrogens with zero attached hydrogens (tertiary/aromatic N) is 5. The van der Waals surface area contributed by atoms with Crippen molar-refractivity contribution in [3.8, 4) is 0 Å². The fourth-order valence-electron chi connectivity index (χ4n) is 2.75. The number of carbonyl (C=O) groups is 1. The van der Waals surface area contributed by atoms with Gasteiger partial charge in [0.2, 0.25) is 5.91 Å². The molecule has 0 radical (unpaired) electrons. The van der Waals surface area contributed by atoms with Gasteiger partial charge in [-0.3, -0.25) is 4.79 Å². The molecule has 1 fully saturated rings. The van der Waals surface area contributed by atoms with Crippen molar-refractivity contribution in [3.63, 3.8) is 0 Å². The Bertz CT molecular complexity index is 630. The third kappa shape index (κ3) is 4.24. The molecule has 1 aromatic heterocycles. The maximum absolute atomic E-state index is 12.9. The molecule has 1 aromatic carbocycles. The highest BCUT2D eigenvalue weighted by Crippen LogP contribution is 2.17. The number of likely N-dealkylation sites (tertiary alicyclic amines) is 1. The fourth-order valence-corrected chi connectivity index (χ4v) is 2.75. The second-order valence-electron chi connectivity index (χ2n) is 5.65. The summed E-state index contributed by atoms with van der Waals surface area (Å²) in [5, 5.41) is 14.2. The molecule has 1 amide bonds. The molecule has 2 heterocycles. The molecule has 122 valence electrons. The third-order valence-corrected chi connectivity index (χ3v) is 3.94. The predicted molar refractivity (Wildman–Crippen MR) is 82.1 cm³/mol. The van der Waals surface area contributed by atoms with Crippen LogP contribution in [0.2, 0.25) is 0 Å². The zero-order chi connectivity index (χ0) is 16.1. The van der Waals surface area contributed by atoms with Gasteiger partial charge in [0.05, 0.1) is 6.54 Å². The highest BCUT2D eigenvalue weighted by atomic mass is 19.1. The zero-order valence-electron chi connectivity index (χ0n) is 12.7. The van der Waals surface area contributed by atoms with Crippen LogP contribution in [-0.2, 0) is 11.3 Å². The SMILES string of the molecule is O=C(CCn1cnnn1)N1CCC[C@H](Nc2ccc(F)cc2)C1. The number of rotatable bonds is 5. The summed E-state index contributed by atoms with van der Waals surface area (Å²) >= 11 is 0. The number of nitrogens with one attached hydrogen (secondary N) is 1. The lowest BCUT2D eigenvalue weighted by molar-refractivity contribution is -0.132. The summed E-state index contributed by atoms with van der Waals surface area (Å²) in [5.74, 6) is -0.148. The summed E-state index contributed by atoms with van der Waals surface area (Å²) in [6.07, 6.45) is 3.83. The normalized spacial score (nSPS) is 18.0. The minimum absolute atomic E-state index is 0.103. The monoisotopic (exact) mass is 318 g/mol. The van der Waals surface area contributed by atoms with Gasteiger partial charge in [-0.15, -0.1) is 5.10 Å². The first-order valence-electron chi connectivity index (χ1n) is 7.71. The van der Waals surface area contributed by atoms with E-state index < -0.39 is 0 Å². The molecule has 2 aromatic rings. The number of aromatic nitrogens is 4.